The Bertz CT molecular complexity index is 1190. The van der Waals surface area contributed by atoms with Crippen molar-refractivity contribution in [3.8, 4) is 27.6 Å². The van der Waals surface area contributed by atoms with Crippen molar-refractivity contribution in [2.45, 2.75) is 20.4 Å². The summed E-state index contributed by atoms with van der Waals surface area (Å²) in [7, 11) is 0. The zero-order valence-electron chi connectivity index (χ0n) is 17.6. The summed E-state index contributed by atoms with van der Waals surface area (Å²) in [4.78, 5) is 17.0. The lowest BCUT2D eigenvalue weighted by Gasteiger charge is -2.09. The topological polar surface area (TPSA) is 51.2 Å². The van der Waals surface area contributed by atoms with Crippen LogP contribution in [0, 0.1) is 13.8 Å². The molecule has 1 aromatic heterocycles. The molecule has 4 rings (SSSR count). The van der Waals surface area contributed by atoms with Gasteiger partial charge in [0.25, 0.3) is 5.91 Å². The molecule has 156 valence electrons. The van der Waals surface area contributed by atoms with Crippen LogP contribution in [0.1, 0.15) is 16.7 Å². The van der Waals surface area contributed by atoms with Crippen LogP contribution in [-0.2, 0) is 11.3 Å². The molecule has 5 heteroatoms. The van der Waals surface area contributed by atoms with E-state index in [1.807, 2.05) is 68.4 Å². The third-order valence-corrected chi connectivity index (χ3v) is 5.98. The van der Waals surface area contributed by atoms with E-state index in [-0.39, 0.29) is 12.5 Å². The summed E-state index contributed by atoms with van der Waals surface area (Å²) in [5.41, 5.74) is 6.50. The molecule has 4 nitrogen and oxygen atoms in total. The lowest BCUT2D eigenvalue weighted by molar-refractivity contribution is -0.123. The van der Waals surface area contributed by atoms with Crippen LogP contribution in [0.5, 0.6) is 5.75 Å². The lowest BCUT2D eigenvalue weighted by Crippen LogP contribution is -2.28. The molecule has 1 heterocycles. The quantitative estimate of drug-likeness (QED) is 0.405. The van der Waals surface area contributed by atoms with E-state index < -0.39 is 0 Å². The van der Waals surface area contributed by atoms with Crippen molar-refractivity contribution in [2.24, 2.45) is 0 Å². The molecule has 31 heavy (non-hydrogen) atoms. The molecule has 0 saturated heterocycles. The van der Waals surface area contributed by atoms with E-state index in [1.165, 1.54) is 5.56 Å². The van der Waals surface area contributed by atoms with Gasteiger partial charge in [0.15, 0.2) is 6.61 Å². The van der Waals surface area contributed by atoms with Crippen LogP contribution in [0.2, 0.25) is 0 Å². The highest BCUT2D eigenvalue weighted by molar-refractivity contribution is 7.13. The first-order valence-corrected chi connectivity index (χ1v) is 11.0. The standard InChI is InChI=1S/C26H24N2O2S/c1-18-11-12-23(13-19(18)2)30-16-25(29)27-15-20-7-6-10-22(14-20)26-28-24(17-31-26)21-8-4-3-5-9-21/h3-14,17H,15-16H2,1-2H3,(H,27,29). The Kier molecular flexibility index (Phi) is 6.43. The van der Waals surface area contributed by atoms with Gasteiger partial charge < -0.3 is 10.1 Å². The van der Waals surface area contributed by atoms with Crippen molar-refractivity contribution in [1.82, 2.24) is 10.3 Å². The average molecular weight is 429 g/mol. The molecule has 0 radical (unpaired) electrons. The second-order valence-corrected chi connectivity index (χ2v) is 8.27. The summed E-state index contributed by atoms with van der Waals surface area (Å²) >= 11 is 1.62. The highest BCUT2D eigenvalue weighted by atomic mass is 32.1. The third-order valence-electron chi connectivity index (χ3n) is 5.09. The summed E-state index contributed by atoms with van der Waals surface area (Å²) in [6.07, 6.45) is 0. The van der Waals surface area contributed by atoms with Gasteiger partial charge in [0.1, 0.15) is 10.8 Å². The summed E-state index contributed by atoms with van der Waals surface area (Å²) in [6, 6.07) is 24.1. The van der Waals surface area contributed by atoms with Crippen LogP contribution < -0.4 is 10.1 Å². The second-order valence-electron chi connectivity index (χ2n) is 7.42. The Hall–Kier alpha value is -3.44. The van der Waals surface area contributed by atoms with Crippen LogP contribution in [0.3, 0.4) is 0 Å². The fourth-order valence-electron chi connectivity index (χ4n) is 3.17. The Morgan fingerprint density at radius 1 is 0.935 bits per heavy atom. The molecule has 0 bridgehead atoms. The second kappa shape index (κ2) is 9.58. The van der Waals surface area contributed by atoms with Crippen LogP contribution in [0.25, 0.3) is 21.8 Å². The summed E-state index contributed by atoms with van der Waals surface area (Å²) in [5, 5.41) is 5.96. The molecule has 1 amide bonds. The number of carbonyl (C=O) groups excluding carboxylic acids is 1. The van der Waals surface area contributed by atoms with Gasteiger partial charge in [-0.15, -0.1) is 11.3 Å². The number of nitrogens with zero attached hydrogens (tertiary/aromatic N) is 1. The molecule has 0 aliphatic carbocycles. The maximum absolute atomic E-state index is 12.2. The largest absolute Gasteiger partial charge is 0.484 e. The molecular weight excluding hydrogens is 404 g/mol. The molecule has 4 aromatic rings. The van der Waals surface area contributed by atoms with Gasteiger partial charge in [-0.1, -0.05) is 54.6 Å². The van der Waals surface area contributed by atoms with Crippen LogP contribution >= 0.6 is 11.3 Å². The SMILES string of the molecule is Cc1ccc(OCC(=O)NCc2cccc(-c3nc(-c4ccccc4)cs3)c2)cc1C. The predicted octanol–water partition coefficient (Wildman–Crippen LogP) is 5.79. The Balaban J connectivity index is 1.35. The first kappa shape index (κ1) is 20.8. The van der Waals surface area contributed by atoms with Crippen molar-refractivity contribution < 1.29 is 9.53 Å². The third kappa shape index (κ3) is 5.38. The molecule has 0 unspecified atom stereocenters. The molecule has 0 atom stereocenters. The number of nitrogens with one attached hydrogen (secondary N) is 1. The minimum Gasteiger partial charge on any atom is -0.484 e. The number of aryl methyl sites for hydroxylation is 2. The van der Waals surface area contributed by atoms with Gasteiger partial charge in [0, 0.05) is 23.1 Å². The zero-order chi connectivity index (χ0) is 21.6. The minimum absolute atomic E-state index is 0.00485. The number of hydrogen-bond acceptors (Lipinski definition) is 4. The van der Waals surface area contributed by atoms with Gasteiger partial charge in [-0.25, -0.2) is 4.98 Å². The van der Waals surface area contributed by atoms with Gasteiger partial charge in [-0.2, -0.15) is 0 Å². The summed E-state index contributed by atoms with van der Waals surface area (Å²) in [6.45, 7) is 4.52. The number of amides is 1. The number of thiazole rings is 1. The average Bonchev–Trinajstić information content (AvgIpc) is 3.30. The van der Waals surface area contributed by atoms with Gasteiger partial charge in [-0.3, -0.25) is 4.79 Å². The van der Waals surface area contributed by atoms with Gasteiger partial charge in [-0.05, 0) is 48.7 Å². The molecule has 0 spiro atoms. The van der Waals surface area contributed by atoms with Crippen LogP contribution in [-0.4, -0.2) is 17.5 Å². The monoisotopic (exact) mass is 428 g/mol. The summed E-state index contributed by atoms with van der Waals surface area (Å²) < 4.78 is 5.61. The Morgan fingerprint density at radius 3 is 2.55 bits per heavy atom. The van der Waals surface area contributed by atoms with Crippen LogP contribution in [0.15, 0.2) is 78.2 Å². The van der Waals surface area contributed by atoms with Gasteiger partial charge in [0.2, 0.25) is 0 Å². The lowest BCUT2D eigenvalue weighted by atomic mass is 10.1. The Morgan fingerprint density at radius 2 is 1.74 bits per heavy atom. The van der Waals surface area contributed by atoms with E-state index in [1.54, 1.807) is 11.3 Å². The normalized spacial score (nSPS) is 10.6. The number of rotatable bonds is 7. The fourth-order valence-corrected chi connectivity index (χ4v) is 3.99. The highest BCUT2D eigenvalue weighted by Gasteiger charge is 2.08. The number of carbonyl (C=O) groups is 1. The first-order valence-electron chi connectivity index (χ1n) is 10.2. The van der Waals surface area contributed by atoms with Crippen molar-refractivity contribution in [1.29, 1.82) is 0 Å². The number of aromatic nitrogens is 1. The van der Waals surface area contributed by atoms with Crippen molar-refractivity contribution in [2.75, 3.05) is 6.61 Å². The van der Waals surface area contributed by atoms with Crippen molar-refractivity contribution in [3.05, 3.63) is 94.9 Å². The molecule has 0 fully saturated rings. The van der Waals surface area contributed by atoms with Crippen molar-refractivity contribution >= 4 is 17.2 Å². The van der Waals surface area contributed by atoms with Gasteiger partial charge >= 0.3 is 0 Å². The van der Waals surface area contributed by atoms with Crippen molar-refractivity contribution in [3.63, 3.8) is 0 Å². The van der Waals surface area contributed by atoms with Gasteiger partial charge in [0.05, 0.1) is 5.69 Å². The summed E-state index contributed by atoms with van der Waals surface area (Å²) in [5.74, 6) is 0.558. The molecule has 0 aliphatic heterocycles. The fraction of sp³-hybridized carbons (Fsp3) is 0.154. The molecule has 3 aromatic carbocycles. The maximum Gasteiger partial charge on any atom is 0.258 e. The van der Waals surface area contributed by atoms with E-state index in [9.17, 15) is 4.79 Å². The first-order chi connectivity index (χ1) is 15.1. The van der Waals surface area contributed by atoms with E-state index in [2.05, 4.69) is 28.9 Å². The predicted molar refractivity (Wildman–Crippen MR) is 126 cm³/mol. The molecule has 1 N–H and O–H groups in total. The molecular formula is C26H24N2O2S. The number of benzene rings is 3. The maximum atomic E-state index is 12.2. The molecule has 0 aliphatic rings. The Labute approximate surface area is 186 Å². The van der Waals surface area contributed by atoms with E-state index in [0.717, 1.165) is 33.0 Å². The number of hydrogen-bond donors (Lipinski definition) is 1. The van der Waals surface area contributed by atoms with E-state index >= 15 is 0 Å². The van der Waals surface area contributed by atoms with Crippen LogP contribution in [0.4, 0.5) is 0 Å². The smallest absolute Gasteiger partial charge is 0.258 e. The minimum atomic E-state index is -0.149. The highest BCUT2D eigenvalue weighted by Crippen LogP contribution is 2.29. The van der Waals surface area contributed by atoms with E-state index in [0.29, 0.717) is 12.3 Å². The van der Waals surface area contributed by atoms with E-state index in [4.69, 9.17) is 9.72 Å². The zero-order valence-corrected chi connectivity index (χ0v) is 18.4. The number of ether oxygens (including phenoxy) is 1. The molecule has 0 saturated carbocycles.